The molecule has 2 amide bonds. The number of likely N-dealkylation sites (tertiary alicyclic amines) is 1. The van der Waals surface area contributed by atoms with Gasteiger partial charge in [0.25, 0.3) is 5.91 Å². The Morgan fingerprint density at radius 1 is 1.24 bits per heavy atom. The highest BCUT2D eigenvalue weighted by Crippen LogP contribution is 2.36. The van der Waals surface area contributed by atoms with Gasteiger partial charge in [-0.05, 0) is 44.7 Å². The summed E-state index contributed by atoms with van der Waals surface area (Å²) in [7, 11) is 0. The number of hydrogen-bond acceptors (Lipinski definition) is 5. The second-order valence-corrected chi connectivity index (χ2v) is 8.60. The van der Waals surface area contributed by atoms with Crippen LogP contribution in [0.25, 0.3) is 0 Å². The fourth-order valence-corrected chi connectivity index (χ4v) is 4.71. The Hall–Kier alpha value is -3.62. The number of amides is 2. The number of aromatic nitrogens is 4. The van der Waals surface area contributed by atoms with Crippen molar-refractivity contribution in [1.82, 2.24) is 25.1 Å². The summed E-state index contributed by atoms with van der Waals surface area (Å²) in [5.74, 6) is 0.683. The normalized spacial score (nSPS) is 17.7. The molecule has 9 heteroatoms. The van der Waals surface area contributed by atoms with E-state index >= 15 is 0 Å². The zero-order valence-electron chi connectivity index (χ0n) is 18.6. The number of hydrogen-bond donors (Lipinski definition) is 1. The van der Waals surface area contributed by atoms with Crippen molar-refractivity contribution in [3.8, 4) is 0 Å². The van der Waals surface area contributed by atoms with E-state index in [1.807, 2.05) is 13.8 Å². The van der Waals surface area contributed by atoms with Crippen LogP contribution in [0.15, 0.2) is 30.5 Å². The fourth-order valence-electron chi connectivity index (χ4n) is 4.71. The topological polar surface area (TPSA) is 95.1 Å². The van der Waals surface area contributed by atoms with Crippen molar-refractivity contribution < 1.29 is 14.0 Å². The van der Waals surface area contributed by atoms with Crippen LogP contribution in [0.2, 0.25) is 0 Å². The molecule has 0 spiro atoms. The van der Waals surface area contributed by atoms with Crippen LogP contribution in [0.5, 0.6) is 0 Å². The largest absolute Gasteiger partial charge is 0.328 e. The lowest BCUT2D eigenvalue weighted by atomic mass is 10.1. The molecule has 1 aromatic carbocycles. The molecule has 3 aromatic rings. The van der Waals surface area contributed by atoms with Crippen LogP contribution in [0.3, 0.4) is 0 Å². The van der Waals surface area contributed by atoms with Crippen LogP contribution in [0, 0.1) is 19.7 Å². The number of H-pyrrole nitrogens is 1. The van der Waals surface area contributed by atoms with Crippen molar-refractivity contribution in [3.05, 3.63) is 70.2 Å². The van der Waals surface area contributed by atoms with Crippen molar-refractivity contribution in [2.75, 3.05) is 18.0 Å². The highest BCUT2D eigenvalue weighted by Gasteiger charge is 2.37. The van der Waals surface area contributed by atoms with Crippen molar-refractivity contribution in [1.29, 1.82) is 0 Å². The monoisotopic (exact) mass is 448 g/mol. The van der Waals surface area contributed by atoms with Crippen molar-refractivity contribution in [2.24, 2.45) is 0 Å². The lowest BCUT2D eigenvalue weighted by Crippen LogP contribution is -2.33. The molecule has 170 valence electrons. The molecule has 33 heavy (non-hydrogen) atoms. The molecule has 1 atom stereocenters. The molecule has 0 aliphatic carbocycles. The molecule has 5 rings (SSSR count). The molecule has 8 nitrogen and oxygen atoms in total. The van der Waals surface area contributed by atoms with Crippen LogP contribution >= 0.6 is 0 Å². The Balaban J connectivity index is 1.43. The van der Waals surface area contributed by atoms with Gasteiger partial charge < -0.3 is 4.90 Å². The summed E-state index contributed by atoms with van der Waals surface area (Å²) in [6, 6.07) is 6.33. The van der Waals surface area contributed by atoms with E-state index in [0.29, 0.717) is 42.3 Å². The maximum atomic E-state index is 14.1. The first-order valence-corrected chi connectivity index (χ1v) is 11.2. The molecular formula is C24H25FN6O2. The minimum absolute atomic E-state index is 0.0655. The summed E-state index contributed by atoms with van der Waals surface area (Å²) >= 11 is 0. The number of carbonyl (C=O) groups is 2. The van der Waals surface area contributed by atoms with Crippen LogP contribution < -0.4 is 4.90 Å². The zero-order valence-corrected chi connectivity index (χ0v) is 18.6. The second-order valence-electron chi connectivity index (χ2n) is 8.60. The van der Waals surface area contributed by atoms with Crippen LogP contribution in [0.1, 0.15) is 57.6 Å². The van der Waals surface area contributed by atoms with E-state index in [-0.39, 0.29) is 30.1 Å². The number of rotatable bonds is 5. The number of halogens is 1. The first kappa shape index (κ1) is 21.2. The number of aryl methyl sites for hydroxylation is 2. The number of aromatic amines is 1. The molecule has 1 saturated heterocycles. The van der Waals surface area contributed by atoms with Crippen LogP contribution in [0.4, 0.5) is 10.2 Å². The van der Waals surface area contributed by atoms with Gasteiger partial charge in [0, 0.05) is 30.0 Å². The van der Waals surface area contributed by atoms with E-state index in [0.717, 1.165) is 29.8 Å². The fraction of sp³-hybridized carbons (Fsp3) is 0.375. The smallest absolute Gasteiger partial charge is 0.257 e. The summed E-state index contributed by atoms with van der Waals surface area (Å²) in [6.07, 6.45) is 3.78. The molecule has 0 bridgehead atoms. The number of nitrogens with one attached hydrogen (secondary N) is 1. The molecule has 2 aliphatic rings. The standard InChI is InChI=1S/C24H25FN6O2/c1-14-17-12-21(32)31(11-9-16-6-3-4-7-19(16)25)23(17)28-22(27-14)20-8-5-10-30(20)24(33)18-13-26-29-15(18)2/h3-4,6-7,13,20H,5,8-12H2,1-2H3,(H,26,29)/t20-/m1/s1. The molecule has 2 aliphatic heterocycles. The van der Waals surface area contributed by atoms with E-state index in [2.05, 4.69) is 10.2 Å². The van der Waals surface area contributed by atoms with E-state index in [1.165, 1.54) is 6.07 Å². The van der Waals surface area contributed by atoms with Gasteiger partial charge in [0.2, 0.25) is 5.91 Å². The van der Waals surface area contributed by atoms with Crippen LogP contribution in [-0.2, 0) is 17.6 Å². The molecular weight excluding hydrogens is 423 g/mol. The molecule has 1 N–H and O–H groups in total. The maximum absolute atomic E-state index is 14.1. The first-order chi connectivity index (χ1) is 15.9. The summed E-state index contributed by atoms with van der Waals surface area (Å²) in [6.45, 7) is 4.65. The van der Waals surface area contributed by atoms with E-state index in [1.54, 1.807) is 34.2 Å². The van der Waals surface area contributed by atoms with Gasteiger partial charge in [-0.25, -0.2) is 14.4 Å². The van der Waals surface area contributed by atoms with E-state index in [4.69, 9.17) is 9.97 Å². The lowest BCUT2D eigenvalue weighted by molar-refractivity contribution is -0.117. The van der Waals surface area contributed by atoms with Gasteiger partial charge in [-0.1, -0.05) is 18.2 Å². The van der Waals surface area contributed by atoms with E-state index in [9.17, 15) is 14.0 Å². The molecule has 0 saturated carbocycles. The van der Waals surface area contributed by atoms with Gasteiger partial charge >= 0.3 is 0 Å². The Bertz CT molecular complexity index is 1240. The average molecular weight is 449 g/mol. The SMILES string of the molecule is Cc1nc([C@H]2CCCN2C(=O)c2cn[nH]c2C)nc2c1CC(=O)N2CCc1ccccc1F. The number of nitrogens with zero attached hydrogens (tertiary/aromatic N) is 5. The molecule has 2 aromatic heterocycles. The highest BCUT2D eigenvalue weighted by atomic mass is 19.1. The first-order valence-electron chi connectivity index (χ1n) is 11.2. The minimum Gasteiger partial charge on any atom is -0.328 e. The molecule has 4 heterocycles. The molecule has 0 radical (unpaired) electrons. The predicted molar refractivity (Wildman–Crippen MR) is 119 cm³/mol. The average Bonchev–Trinajstić information content (AvgIpc) is 3.52. The Labute approximate surface area is 190 Å². The van der Waals surface area contributed by atoms with Crippen LogP contribution in [-0.4, -0.2) is 50.0 Å². The van der Waals surface area contributed by atoms with Gasteiger partial charge in [-0.3, -0.25) is 19.6 Å². The number of anilines is 1. The number of benzene rings is 1. The van der Waals surface area contributed by atoms with Gasteiger partial charge in [0.1, 0.15) is 11.6 Å². The second kappa shape index (κ2) is 8.38. The maximum Gasteiger partial charge on any atom is 0.257 e. The third-order valence-electron chi connectivity index (χ3n) is 6.53. The third kappa shape index (κ3) is 3.77. The summed E-state index contributed by atoms with van der Waals surface area (Å²) in [5.41, 5.74) is 3.38. The van der Waals surface area contributed by atoms with Crippen molar-refractivity contribution in [3.63, 3.8) is 0 Å². The number of carbonyl (C=O) groups excluding carboxylic acids is 2. The number of fused-ring (bicyclic) bond motifs is 1. The zero-order chi connectivity index (χ0) is 23.1. The molecule has 1 fully saturated rings. The van der Waals surface area contributed by atoms with Crippen molar-refractivity contribution in [2.45, 2.75) is 45.6 Å². The Morgan fingerprint density at radius 3 is 2.82 bits per heavy atom. The van der Waals surface area contributed by atoms with Gasteiger partial charge in [-0.2, -0.15) is 5.10 Å². The summed E-state index contributed by atoms with van der Waals surface area (Å²) < 4.78 is 14.1. The van der Waals surface area contributed by atoms with Crippen molar-refractivity contribution >= 4 is 17.6 Å². The lowest BCUT2D eigenvalue weighted by Gasteiger charge is -2.25. The quantitative estimate of drug-likeness (QED) is 0.647. The predicted octanol–water partition coefficient (Wildman–Crippen LogP) is 3.06. The summed E-state index contributed by atoms with van der Waals surface area (Å²) in [5, 5.41) is 6.78. The van der Waals surface area contributed by atoms with E-state index < -0.39 is 0 Å². The minimum atomic E-state index is -0.279. The third-order valence-corrected chi connectivity index (χ3v) is 6.53. The van der Waals surface area contributed by atoms with Gasteiger partial charge in [-0.15, -0.1) is 0 Å². The van der Waals surface area contributed by atoms with Gasteiger partial charge in [0.05, 0.1) is 24.2 Å². The molecule has 0 unspecified atom stereocenters. The Kier molecular flexibility index (Phi) is 5.39. The summed E-state index contributed by atoms with van der Waals surface area (Å²) in [4.78, 5) is 38.8. The van der Waals surface area contributed by atoms with Gasteiger partial charge in [0.15, 0.2) is 5.82 Å². The Morgan fingerprint density at radius 2 is 2.06 bits per heavy atom. The highest BCUT2D eigenvalue weighted by molar-refractivity contribution is 6.00.